The number of nitrogens with zero attached hydrogens (tertiary/aromatic N) is 3. The summed E-state index contributed by atoms with van der Waals surface area (Å²) in [5.41, 5.74) is 2.37. The van der Waals surface area contributed by atoms with Gasteiger partial charge in [0.1, 0.15) is 12.4 Å². The Morgan fingerprint density at radius 1 is 1.04 bits per heavy atom. The van der Waals surface area contributed by atoms with Crippen LogP contribution in [0.15, 0.2) is 59.2 Å². The fraction of sp³-hybridized carbons (Fsp3) is 0.111. The lowest BCUT2D eigenvalue weighted by atomic mass is 10.2. The van der Waals surface area contributed by atoms with Gasteiger partial charge in [0.2, 0.25) is 5.95 Å². The third-order valence-corrected chi connectivity index (χ3v) is 3.97. The number of aromatic nitrogens is 3. The van der Waals surface area contributed by atoms with Gasteiger partial charge in [-0.2, -0.15) is 4.98 Å². The highest BCUT2D eigenvalue weighted by Crippen LogP contribution is 2.20. The molecule has 3 rings (SSSR count). The minimum atomic E-state index is -0.985. The van der Waals surface area contributed by atoms with Crippen molar-refractivity contribution in [3.8, 4) is 11.4 Å². The number of carbonyl (C=O) groups is 1. The SMILES string of the molecule is O=C(O)CNc1nc(NCc2ccc(Br)cc2)cc(-c2ccccn2)n1. The Hall–Kier alpha value is -3.00. The zero-order chi connectivity index (χ0) is 18.4. The van der Waals surface area contributed by atoms with E-state index < -0.39 is 5.97 Å². The van der Waals surface area contributed by atoms with E-state index in [2.05, 4.69) is 41.5 Å². The van der Waals surface area contributed by atoms with Crippen LogP contribution in [0.3, 0.4) is 0 Å². The first kappa shape index (κ1) is 17.8. The summed E-state index contributed by atoms with van der Waals surface area (Å²) in [7, 11) is 0. The second-order valence-electron chi connectivity index (χ2n) is 5.40. The minimum Gasteiger partial charge on any atom is -0.480 e. The minimum absolute atomic E-state index is 0.230. The predicted octanol–water partition coefficient (Wildman–Crippen LogP) is 3.41. The molecule has 0 unspecified atom stereocenters. The van der Waals surface area contributed by atoms with Crippen LogP contribution in [-0.4, -0.2) is 32.6 Å². The molecule has 26 heavy (non-hydrogen) atoms. The first-order chi connectivity index (χ1) is 12.6. The molecule has 132 valence electrons. The topological polar surface area (TPSA) is 100 Å². The molecule has 0 aliphatic rings. The molecule has 0 aliphatic heterocycles. The van der Waals surface area contributed by atoms with Gasteiger partial charge in [-0.15, -0.1) is 0 Å². The zero-order valence-electron chi connectivity index (χ0n) is 13.7. The number of carboxylic acids is 1. The maximum absolute atomic E-state index is 10.8. The van der Waals surface area contributed by atoms with E-state index in [9.17, 15) is 4.79 Å². The van der Waals surface area contributed by atoms with Crippen molar-refractivity contribution in [2.75, 3.05) is 17.2 Å². The molecule has 2 aromatic heterocycles. The van der Waals surface area contributed by atoms with Gasteiger partial charge in [-0.3, -0.25) is 9.78 Å². The summed E-state index contributed by atoms with van der Waals surface area (Å²) >= 11 is 3.41. The maximum atomic E-state index is 10.8. The third-order valence-electron chi connectivity index (χ3n) is 3.44. The molecule has 0 spiro atoms. The number of hydrogen-bond acceptors (Lipinski definition) is 6. The first-order valence-corrected chi connectivity index (χ1v) is 8.64. The van der Waals surface area contributed by atoms with Crippen LogP contribution < -0.4 is 10.6 Å². The molecular weight excluding hydrogens is 398 g/mol. The molecule has 3 aromatic rings. The molecule has 7 nitrogen and oxygen atoms in total. The van der Waals surface area contributed by atoms with Crippen LogP contribution in [0.2, 0.25) is 0 Å². The van der Waals surface area contributed by atoms with Crippen LogP contribution in [0, 0.1) is 0 Å². The van der Waals surface area contributed by atoms with E-state index in [1.807, 2.05) is 42.5 Å². The normalized spacial score (nSPS) is 10.3. The van der Waals surface area contributed by atoms with E-state index in [-0.39, 0.29) is 12.5 Å². The first-order valence-electron chi connectivity index (χ1n) is 7.84. The van der Waals surface area contributed by atoms with E-state index in [0.717, 1.165) is 10.0 Å². The number of halogens is 1. The maximum Gasteiger partial charge on any atom is 0.322 e. The summed E-state index contributed by atoms with van der Waals surface area (Å²) < 4.78 is 1.01. The quantitative estimate of drug-likeness (QED) is 0.545. The lowest BCUT2D eigenvalue weighted by Crippen LogP contribution is -2.15. The van der Waals surface area contributed by atoms with E-state index in [1.54, 1.807) is 12.3 Å². The third kappa shape index (κ3) is 5.00. The van der Waals surface area contributed by atoms with Crippen LogP contribution in [0.1, 0.15) is 5.56 Å². The molecule has 1 aromatic carbocycles. The highest BCUT2D eigenvalue weighted by Gasteiger charge is 2.09. The van der Waals surface area contributed by atoms with Gasteiger partial charge in [0.05, 0.1) is 11.4 Å². The number of aliphatic carboxylic acids is 1. The van der Waals surface area contributed by atoms with Gasteiger partial charge in [-0.1, -0.05) is 34.1 Å². The molecule has 8 heteroatoms. The molecule has 3 N–H and O–H groups in total. The van der Waals surface area contributed by atoms with E-state index in [0.29, 0.717) is 23.8 Å². The summed E-state index contributed by atoms with van der Waals surface area (Å²) in [5.74, 6) is -0.175. The summed E-state index contributed by atoms with van der Waals surface area (Å²) in [6.07, 6.45) is 1.68. The van der Waals surface area contributed by atoms with Crippen molar-refractivity contribution in [2.45, 2.75) is 6.54 Å². The van der Waals surface area contributed by atoms with Crippen LogP contribution in [-0.2, 0) is 11.3 Å². The largest absolute Gasteiger partial charge is 0.480 e. The smallest absolute Gasteiger partial charge is 0.322 e. The van der Waals surface area contributed by atoms with Crippen molar-refractivity contribution in [3.05, 3.63) is 64.8 Å². The number of nitrogens with one attached hydrogen (secondary N) is 2. The van der Waals surface area contributed by atoms with Gasteiger partial charge in [0.25, 0.3) is 0 Å². The summed E-state index contributed by atoms with van der Waals surface area (Å²) in [6, 6.07) is 15.2. The van der Waals surface area contributed by atoms with Crippen LogP contribution in [0.25, 0.3) is 11.4 Å². The van der Waals surface area contributed by atoms with Crippen molar-refractivity contribution in [1.29, 1.82) is 0 Å². The Balaban J connectivity index is 1.83. The predicted molar refractivity (Wildman–Crippen MR) is 103 cm³/mol. The average Bonchev–Trinajstić information content (AvgIpc) is 2.66. The second kappa shape index (κ2) is 8.39. The van der Waals surface area contributed by atoms with Crippen LogP contribution in [0.5, 0.6) is 0 Å². The van der Waals surface area contributed by atoms with Crippen LogP contribution >= 0.6 is 15.9 Å². The number of rotatable bonds is 7. The Morgan fingerprint density at radius 2 is 1.85 bits per heavy atom. The molecule has 0 bridgehead atoms. The molecule has 0 amide bonds. The van der Waals surface area contributed by atoms with Gasteiger partial charge in [-0.25, -0.2) is 4.98 Å². The highest BCUT2D eigenvalue weighted by molar-refractivity contribution is 9.10. The van der Waals surface area contributed by atoms with E-state index in [4.69, 9.17) is 5.11 Å². The van der Waals surface area contributed by atoms with Crippen molar-refractivity contribution in [1.82, 2.24) is 15.0 Å². The molecule has 0 atom stereocenters. The number of benzene rings is 1. The standard InChI is InChI=1S/C18H16BrN5O2/c19-13-6-4-12(5-7-13)10-21-16-9-15(14-3-1-2-8-20-14)23-18(24-16)22-11-17(25)26/h1-9H,10-11H2,(H,25,26)(H2,21,22,23,24). The van der Waals surface area contributed by atoms with Gasteiger partial charge < -0.3 is 15.7 Å². The number of anilines is 2. The Kier molecular flexibility index (Phi) is 5.75. The molecule has 0 radical (unpaired) electrons. The van der Waals surface area contributed by atoms with Crippen molar-refractivity contribution in [2.24, 2.45) is 0 Å². The van der Waals surface area contributed by atoms with Crippen molar-refractivity contribution < 1.29 is 9.90 Å². The summed E-state index contributed by atoms with van der Waals surface area (Å²) in [6.45, 7) is 0.308. The lowest BCUT2D eigenvalue weighted by Gasteiger charge is -2.10. The molecule has 0 saturated carbocycles. The van der Waals surface area contributed by atoms with E-state index in [1.165, 1.54) is 0 Å². The number of hydrogen-bond donors (Lipinski definition) is 3. The molecule has 2 heterocycles. The second-order valence-corrected chi connectivity index (χ2v) is 6.32. The van der Waals surface area contributed by atoms with Gasteiger partial charge in [0, 0.05) is 23.3 Å². The lowest BCUT2D eigenvalue weighted by molar-refractivity contribution is -0.134. The molecule has 0 fully saturated rings. The van der Waals surface area contributed by atoms with Gasteiger partial charge in [0.15, 0.2) is 0 Å². The Labute approximate surface area is 158 Å². The van der Waals surface area contributed by atoms with Gasteiger partial charge >= 0.3 is 5.97 Å². The monoisotopic (exact) mass is 413 g/mol. The highest BCUT2D eigenvalue weighted by atomic mass is 79.9. The summed E-state index contributed by atoms with van der Waals surface area (Å²) in [5, 5.41) is 14.8. The Bertz CT molecular complexity index is 888. The van der Waals surface area contributed by atoms with Crippen molar-refractivity contribution >= 4 is 33.7 Å². The average molecular weight is 414 g/mol. The summed E-state index contributed by atoms with van der Waals surface area (Å²) in [4.78, 5) is 23.8. The van der Waals surface area contributed by atoms with Crippen LogP contribution in [0.4, 0.5) is 11.8 Å². The molecule has 0 saturated heterocycles. The zero-order valence-corrected chi connectivity index (χ0v) is 15.3. The molecule has 0 aliphatic carbocycles. The number of pyridine rings is 1. The van der Waals surface area contributed by atoms with E-state index >= 15 is 0 Å². The van der Waals surface area contributed by atoms with Gasteiger partial charge in [-0.05, 0) is 29.8 Å². The Morgan fingerprint density at radius 3 is 2.54 bits per heavy atom. The molecular formula is C18H16BrN5O2. The fourth-order valence-electron chi connectivity index (χ4n) is 2.21. The number of carboxylic acid groups (broad SMARTS) is 1. The fourth-order valence-corrected chi connectivity index (χ4v) is 2.48. The van der Waals surface area contributed by atoms with Crippen molar-refractivity contribution in [3.63, 3.8) is 0 Å².